The summed E-state index contributed by atoms with van der Waals surface area (Å²) in [5.74, 6) is -0.460. The molecule has 82 valence electrons. The van der Waals surface area contributed by atoms with Crippen LogP contribution in [0.1, 0.15) is 10.4 Å². The van der Waals surface area contributed by atoms with Crippen LogP contribution in [0.15, 0.2) is 30.6 Å². The van der Waals surface area contributed by atoms with E-state index in [1.165, 1.54) is 19.2 Å². The van der Waals surface area contributed by atoms with Crippen molar-refractivity contribution in [3.63, 3.8) is 0 Å². The van der Waals surface area contributed by atoms with E-state index in [0.717, 1.165) is 11.1 Å². The number of carboxylic acids is 1. The fourth-order valence-electron chi connectivity index (χ4n) is 1.46. The molecule has 0 aliphatic carbocycles. The third-order valence-electron chi connectivity index (χ3n) is 2.26. The molecular formula is C11H10N2O3. The van der Waals surface area contributed by atoms with Gasteiger partial charge in [-0.05, 0) is 18.2 Å². The molecule has 0 radical (unpaired) electrons. The second kappa shape index (κ2) is 4.06. The van der Waals surface area contributed by atoms with Gasteiger partial charge < -0.3 is 9.84 Å². The van der Waals surface area contributed by atoms with Crippen LogP contribution in [-0.2, 0) is 0 Å². The number of H-pyrrole nitrogens is 1. The molecule has 2 rings (SSSR count). The largest absolute Gasteiger partial charge is 0.496 e. The van der Waals surface area contributed by atoms with Crippen LogP contribution in [0, 0.1) is 0 Å². The van der Waals surface area contributed by atoms with Gasteiger partial charge >= 0.3 is 5.97 Å². The Morgan fingerprint density at radius 3 is 2.88 bits per heavy atom. The van der Waals surface area contributed by atoms with E-state index in [1.54, 1.807) is 18.5 Å². The lowest BCUT2D eigenvalue weighted by molar-refractivity contribution is 0.0696. The number of aromatic carboxylic acids is 1. The number of nitrogens with one attached hydrogen (secondary N) is 1. The minimum absolute atomic E-state index is 0.198. The summed E-state index contributed by atoms with van der Waals surface area (Å²) in [5.41, 5.74) is 1.86. The molecule has 5 heteroatoms. The monoisotopic (exact) mass is 218 g/mol. The number of hydrogen-bond acceptors (Lipinski definition) is 3. The maximum absolute atomic E-state index is 10.8. The number of nitrogens with zero attached hydrogens (tertiary/aromatic N) is 1. The predicted molar refractivity (Wildman–Crippen MR) is 57.5 cm³/mol. The van der Waals surface area contributed by atoms with Gasteiger partial charge in [0.2, 0.25) is 0 Å². The van der Waals surface area contributed by atoms with Gasteiger partial charge in [-0.25, -0.2) is 4.79 Å². The van der Waals surface area contributed by atoms with Crippen molar-refractivity contribution in [2.75, 3.05) is 7.11 Å². The van der Waals surface area contributed by atoms with Crippen molar-refractivity contribution in [1.29, 1.82) is 0 Å². The van der Waals surface area contributed by atoms with E-state index in [9.17, 15) is 4.79 Å². The second-order valence-corrected chi connectivity index (χ2v) is 3.21. The Hall–Kier alpha value is -2.30. The molecular weight excluding hydrogens is 208 g/mol. The van der Waals surface area contributed by atoms with Crippen molar-refractivity contribution in [2.45, 2.75) is 0 Å². The number of rotatable bonds is 3. The molecule has 5 nitrogen and oxygen atoms in total. The number of carboxylic acid groups (broad SMARTS) is 1. The molecule has 1 aromatic heterocycles. The third kappa shape index (κ3) is 1.75. The number of aromatic nitrogens is 2. The average molecular weight is 218 g/mol. The quantitative estimate of drug-likeness (QED) is 0.823. The van der Waals surface area contributed by atoms with Gasteiger partial charge in [0.1, 0.15) is 5.75 Å². The van der Waals surface area contributed by atoms with E-state index in [4.69, 9.17) is 9.84 Å². The molecule has 0 fully saturated rings. The Kier molecular flexibility index (Phi) is 2.59. The zero-order chi connectivity index (χ0) is 11.5. The first-order chi connectivity index (χ1) is 7.72. The highest BCUT2D eigenvalue weighted by Gasteiger charge is 2.10. The summed E-state index contributed by atoms with van der Waals surface area (Å²) in [6, 6.07) is 4.73. The van der Waals surface area contributed by atoms with Gasteiger partial charge in [0.05, 0.1) is 18.9 Å². The zero-order valence-corrected chi connectivity index (χ0v) is 8.60. The number of aromatic amines is 1. The van der Waals surface area contributed by atoms with Crippen molar-refractivity contribution in [3.05, 3.63) is 36.2 Å². The normalized spacial score (nSPS) is 10.1. The molecule has 0 spiro atoms. The van der Waals surface area contributed by atoms with Crippen LogP contribution >= 0.6 is 0 Å². The van der Waals surface area contributed by atoms with Gasteiger partial charge in [0.15, 0.2) is 0 Å². The lowest BCUT2D eigenvalue weighted by atomic mass is 10.1. The summed E-state index contributed by atoms with van der Waals surface area (Å²) in [4.78, 5) is 10.8. The molecule has 0 aliphatic heterocycles. The Balaban J connectivity index is 2.51. The SMILES string of the molecule is COc1cc(C(=O)O)ccc1-c1cn[nH]c1. The summed E-state index contributed by atoms with van der Waals surface area (Å²) in [5, 5.41) is 15.4. The van der Waals surface area contributed by atoms with Crippen LogP contribution < -0.4 is 4.74 Å². The minimum atomic E-state index is -0.975. The number of hydrogen-bond donors (Lipinski definition) is 2. The molecule has 0 atom stereocenters. The fourth-order valence-corrected chi connectivity index (χ4v) is 1.46. The summed E-state index contributed by atoms with van der Waals surface area (Å²) in [7, 11) is 1.50. The predicted octanol–water partition coefficient (Wildman–Crippen LogP) is 1.78. The van der Waals surface area contributed by atoms with Crippen LogP contribution in [0.3, 0.4) is 0 Å². The van der Waals surface area contributed by atoms with Crippen molar-refractivity contribution in [1.82, 2.24) is 10.2 Å². The van der Waals surface area contributed by atoms with Gasteiger partial charge in [-0.1, -0.05) is 0 Å². The van der Waals surface area contributed by atoms with Crippen molar-refractivity contribution in [2.24, 2.45) is 0 Å². The summed E-state index contributed by atoms with van der Waals surface area (Å²) < 4.78 is 5.15. The van der Waals surface area contributed by atoms with Gasteiger partial charge in [-0.2, -0.15) is 5.10 Å². The van der Waals surface area contributed by atoms with Crippen LogP contribution in [0.2, 0.25) is 0 Å². The molecule has 2 N–H and O–H groups in total. The van der Waals surface area contributed by atoms with Gasteiger partial charge in [-0.15, -0.1) is 0 Å². The first kappa shape index (κ1) is 10.2. The van der Waals surface area contributed by atoms with Crippen molar-refractivity contribution in [3.8, 4) is 16.9 Å². The summed E-state index contributed by atoms with van der Waals surface area (Å²) in [6.45, 7) is 0. The molecule has 0 bridgehead atoms. The maximum Gasteiger partial charge on any atom is 0.335 e. The molecule has 2 aromatic rings. The highest BCUT2D eigenvalue weighted by molar-refractivity contribution is 5.89. The zero-order valence-electron chi connectivity index (χ0n) is 8.60. The maximum atomic E-state index is 10.8. The Morgan fingerprint density at radius 1 is 1.50 bits per heavy atom. The van der Waals surface area contributed by atoms with Gasteiger partial charge in [0.25, 0.3) is 0 Å². The first-order valence-corrected chi connectivity index (χ1v) is 4.63. The summed E-state index contributed by atoms with van der Waals surface area (Å²) in [6.07, 6.45) is 3.37. The van der Waals surface area contributed by atoms with E-state index >= 15 is 0 Å². The highest BCUT2D eigenvalue weighted by atomic mass is 16.5. The highest BCUT2D eigenvalue weighted by Crippen LogP contribution is 2.29. The molecule has 0 saturated heterocycles. The second-order valence-electron chi connectivity index (χ2n) is 3.21. The van der Waals surface area contributed by atoms with E-state index in [-0.39, 0.29) is 5.56 Å². The standard InChI is InChI=1S/C11H10N2O3/c1-16-10-4-7(11(14)15)2-3-9(10)8-5-12-13-6-8/h2-6H,1H3,(H,12,13)(H,14,15). The molecule has 1 aromatic carbocycles. The Labute approximate surface area is 91.7 Å². The average Bonchev–Trinajstić information content (AvgIpc) is 2.81. The van der Waals surface area contributed by atoms with E-state index < -0.39 is 5.97 Å². The molecule has 0 amide bonds. The van der Waals surface area contributed by atoms with Crippen LogP contribution in [0.25, 0.3) is 11.1 Å². The van der Waals surface area contributed by atoms with Gasteiger partial charge in [-0.3, -0.25) is 5.10 Å². The fraction of sp³-hybridized carbons (Fsp3) is 0.0909. The lowest BCUT2D eigenvalue weighted by Gasteiger charge is -2.07. The molecule has 1 heterocycles. The minimum Gasteiger partial charge on any atom is -0.496 e. The number of benzene rings is 1. The molecule has 16 heavy (non-hydrogen) atoms. The van der Waals surface area contributed by atoms with Crippen molar-refractivity contribution >= 4 is 5.97 Å². The van der Waals surface area contributed by atoms with Crippen LogP contribution in [0.4, 0.5) is 0 Å². The first-order valence-electron chi connectivity index (χ1n) is 4.63. The Morgan fingerprint density at radius 2 is 2.31 bits per heavy atom. The van der Waals surface area contributed by atoms with Crippen molar-refractivity contribution < 1.29 is 14.6 Å². The third-order valence-corrected chi connectivity index (χ3v) is 2.26. The molecule has 0 aliphatic rings. The van der Waals surface area contributed by atoms with E-state index in [0.29, 0.717) is 5.75 Å². The molecule has 0 unspecified atom stereocenters. The smallest absolute Gasteiger partial charge is 0.335 e. The van der Waals surface area contributed by atoms with Gasteiger partial charge in [0, 0.05) is 17.3 Å². The topological polar surface area (TPSA) is 75.2 Å². The number of ether oxygens (including phenoxy) is 1. The number of carbonyl (C=O) groups is 1. The van der Waals surface area contributed by atoms with Crippen LogP contribution in [-0.4, -0.2) is 28.4 Å². The van der Waals surface area contributed by atoms with E-state index in [1.807, 2.05) is 0 Å². The lowest BCUT2D eigenvalue weighted by Crippen LogP contribution is -1.97. The van der Waals surface area contributed by atoms with Crippen LogP contribution in [0.5, 0.6) is 5.75 Å². The number of methoxy groups -OCH3 is 1. The Bertz CT molecular complexity index is 506. The van der Waals surface area contributed by atoms with E-state index in [2.05, 4.69) is 10.2 Å². The molecule has 0 saturated carbocycles. The summed E-state index contributed by atoms with van der Waals surface area (Å²) >= 11 is 0.